The van der Waals surface area contributed by atoms with E-state index >= 15 is 0 Å². The van der Waals surface area contributed by atoms with Crippen LogP contribution in [0.4, 0.5) is 0 Å². The molecule has 0 aliphatic rings. The fraction of sp³-hybridized carbons (Fsp3) is 0.143. The number of nitrogens with zero attached hydrogens (tertiary/aromatic N) is 2. The molecule has 3 aromatic rings. The van der Waals surface area contributed by atoms with Crippen molar-refractivity contribution in [1.29, 1.82) is 0 Å². The lowest BCUT2D eigenvalue weighted by atomic mass is 10.2. The lowest BCUT2D eigenvalue weighted by Gasteiger charge is -2.05. The summed E-state index contributed by atoms with van der Waals surface area (Å²) in [5.74, 6) is -0.0470. The van der Waals surface area contributed by atoms with E-state index < -0.39 is 0 Å². The van der Waals surface area contributed by atoms with Crippen LogP contribution in [-0.4, -0.2) is 22.0 Å². The summed E-state index contributed by atoms with van der Waals surface area (Å²) in [6.45, 7) is 2.53. The van der Waals surface area contributed by atoms with Crippen molar-refractivity contribution in [3.63, 3.8) is 0 Å². The molecule has 4 nitrogen and oxygen atoms in total. The van der Waals surface area contributed by atoms with Gasteiger partial charge in [0.1, 0.15) is 9.71 Å². The van der Waals surface area contributed by atoms with Crippen LogP contribution in [0, 0.1) is 0 Å². The van der Waals surface area contributed by atoms with E-state index in [2.05, 4.69) is 10.3 Å². The molecule has 96 valence electrons. The molecule has 0 aliphatic heterocycles. The van der Waals surface area contributed by atoms with Gasteiger partial charge in [0.2, 0.25) is 0 Å². The summed E-state index contributed by atoms with van der Waals surface area (Å²) in [6.07, 6.45) is 5.63. The number of aromatic nitrogens is 2. The number of hydrogen-bond donors (Lipinski definition) is 1. The summed E-state index contributed by atoms with van der Waals surface area (Å²) in [5.41, 5.74) is 0.907. The van der Waals surface area contributed by atoms with Crippen LogP contribution in [0.25, 0.3) is 15.9 Å². The molecular formula is C14H13N3OS. The van der Waals surface area contributed by atoms with Gasteiger partial charge in [-0.05, 0) is 31.2 Å². The molecule has 19 heavy (non-hydrogen) atoms. The van der Waals surface area contributed by atoms with E-state index in [1.54, 1.807) is 6.20 Å². The number of amides is 1. The van der Waals surface area contributed by atoms with E-state index in [1.165, 1.54) is 11.3 Å². The molecule has 1 amide bonds. The molecule has 1 N–H and O–H groups in total. The van der Waals surface area contributed by atoms with Gasteiger partial charge in [0.25, 0.3) is 5.91 Å². The average molecular weight is 271 g/mol. The van der Waals surface area contributed by atoms with Gasteiger partial charge < -0.3 is 9.88 Å². The predicted molar refractivity (Wildman–Crippen MR) is 77.0 cm³/mol. The van der Waals surface area contributed by atoms with Crippen molar-refractivity contribution in [2.45, 2.75) is 6.92 Å². The summed E-state index contributed by atoms with van der Waals surface area (Å²) < 4.78 is 1.96. The molecule has 0 saturated carbocycles. The van der Waals surface area contributed by atoms with Crippen molar-refractivity contribution in [3.05, 3.63) is 47.7 Å². The van der Waals surface area contributed by atoms with Crippen LogP contribution in [0.3, 0.4) is 0 Å². The third-order valence-electron chi connectivity index (χ3n) is 2.85. The van der Waals surface area contributed by atoms with Gasteiger partial charge in [0, 0.05) is 30.5 Å². The highest BCUT2D eigenvalue weighted by Crippen LogP contribution is 2.32. The summed E-state index contributed by atoms with van der Waals surface area (Å²) in [5, 5.41) is 3.86. The van der Waals surface area contributed by atoms with Crippen LogP contribution in [-0.2, 0) is 0 Å². The molecule has 0 atom stereocenters. The highest BCUT2D eigenvalue weighted by Gasteiger charge is 2.19. The Morgan fingerprint density at radius 3 is 2.89 bits per heavy atom. The molecule has 3 aromatic heterocycles. The topological polar surface area (TPSA) is 46.9 Å². The highest BCUT2D eigenvalue weighted by atomic mass is 32.1. The molecule has 0 aliphatic carbocycles. The quantitative estimate of drug-likeness (QED) is 0.796. The molecule has 0 bridgehead atoms. The molecule has 5 heteroatoms. The zero-order chi connectivity index (χ0) is 13.2. The first kappa shape index (κ1) is 11.9. The van der Waals surface area contributed by atoms with E-state index in [0.717, 1.165) is 15.9 Å². The number of rotatable bonds is 3. The van der Waals surface area contributed by atoms with E-state index in [0.29, 0.717) is 11.4 Å². The Bertz CT molecular complexity index is 715. The Labute approximate surface area is 114 Å². The van der Waals surface area contributed by atoms with Crippen molar-refractivity contribution in [3.8, 4) is 5.69 Å². The highest BCUT2D eigenvalue weighted by molar-refractivity contribution is 7.21. The van der Waals surface area contributed by atoms with E-state index in [1.807, 2.05) is 48.1 Å². The van der Waals surface area contributed by atoms with E-state index in [9.17, 15) is 4.79 Å². The van der Waals surface area contributed by atoms with Crippen LogP contribution >= 0.6 is 11.3 Å². The van der Waals surface area contributed by atoms with Gasteiger partial charge >= 0.3 is 0 Å². The zero-order valence-electron chi connectivity index (χ0n) is 10.5. The second-order valence-corrected chi connectivity index (χ2v) is 5.08. The Kier molecular flexibility index (Phi) is 3.05. The summed E-state index contributed by atoms with van der Waals surface area (Å²) in [4.78, 5) is 18.1. The fourth-order valence-electron chi connectivity index (χ4n) is 2.05. The summed E-state index contributed by atoms with van der Waals surface area (Å²) in [7, 11) is 0. The second kappa shape index (κ2) is 4.85. The van der Waals surface area contributed by atoms with Crippen LogP contribution in [0.1, 0.15) is 16.6 Å². The standard InChI is InChI=1S/C14H13N3OS/c1-2-15-13(18)12-11(17-8-3-4-9-17)10-6-5-7-16-14(10)19-12/h3-9H,2H2,1H3,(H,15,18). The van der Waals surface area contributed by atoms with Crippen LogP contribution in [0.2, 0.25) is 0 Å². The Morgan fingerprint density at radius 1 is 1.37 bits per heavy atom. The lowest BCUT2D eigenvalue weighted by molar-refractivity contribution is 0.0960. The minimum Gasteiger partial charge on any atom is -0.352 e. The number of nitrogens with one attached hydrogen (secondary N) is 1. The first-order chi connectivity index (χ1) is 9.31. The van der Waals surface area contributed by atoms with Gasteiger partial charge in [-0.3, -0.25) is 4.79 Å². The Morgan fingerprint density at radius 2 is 2.16 bits per heavy atom. The minimum atomic E-state index is -0.0470. The van der Waals surface area contributed by atoms with Crippen molar-refractivity contribution < 1.29 is 4.79 Å². The number of fused-ring (bicyclic) bond motifs is 1. The first-order valence-corrected chi connectivity index (χ1v) is 6.92. The lowest BCUT2D eigenvalue weighted by Crippen LogP contribution is -2.22. The van der Waals surface area contributed by atoms with Crippen LogP contribution in [0.15, 0.2) is 42.9 Å². The fourth-order valence-corrected chi connectivity index (χ4v) is 3.11. The number of thiophene rings is 1. The maximum absolute atomic E-state index is 12.2. The van der Waals surface area contributed by atoms with Crippen molar-refractivity contribution in [2.24, 2.45) is 0 Å². The molecule has 3 heterocycles. The maximum Gasteiger partial charge on any atom is 0.263 e. The van der Waals surface area contributed by atoms with Gasteiger partial charge in [-0.25, -0.2) is 4.98 Å². The number of pyridine rings is 1. The number of carbonyl (C=O) groups excluding carboxylic acids is 1. The van der Waals surface area contributed by atoms with Gasteiger partial charge in [0.15, 0.2) is 0 Å². The summed E-state index contributed by atoms with van der Waals surface area (Å²) >= 11 is 1.43. The van der Waals surface area contributed by atoms with E-state index in [4.69, 9.17) is 0 Å². The number of hydrogen-bond acceptors (Lipinski definition) is 3. The molecule has 3 rings (SSSR count). The van der Waals surface area contributed by atoms with Crippen LogP contribution in [0.5, 0.6) is 0 Å². The minimum absolute atomic E-state index is 0.0470. The molecule has 0 fully saturated rings. The largest absolute Gasteiger partial charge is 0.352 e. The van der Waals surface area contributed by atoms with Crippen molar-refractivity contribution >= 4 is 27.5 Å². The molecule has 0 aromatic carbocycles. The SMILES string of the molecule is CCNC(=O)c1sc2ncccc2c1-n1cccc1. The van der Waals surface area contributed by atoms with Crippen LogP contribution < -0.4 is 5.32 Å². The van der Waals surface area contributed by atoms with Gasteiger partial charge in [-0.1, -0.05) is 0 Å². The number of carbonyl (C=O) groups is 1. The molecule has 0 saturated heterocycles. The van der Waals surface area contributed by atoms with Gasteiger partial charge in [-0.15, -0.1) is 11.3 Å². The molecular weight excluding hydrogens is 258 g/mol. The molecule has 0 radical (unpaired) electrons. The monoisotopic (exact) mass is 271 g/mol. The Hall–Kier alpha value is -2.14. The average Bonchev–Trinajstić information content (AvgIpc) is 3.05. The maximum atomic E-state index is 12.2. The van der Waals surface area contributed by atoms with Gasteiger partial charge in [-0.2, -0.15) is 0 Å². The van der Waals surface area contributed by atoms with Crippen molar-refractivity contribution in [1.82, 2.24) is 14.9 Å². The zero-order valence-corrected chi connectivity index (χ0v) is 11.3. The predicted octanol–water partition coefficient (Wildman–Crippen LogP) is 2.84. The third-order valence-corrected chi connectivity index (χ3v) is 3.95. The van der Waals surface area contributed by atoms with Gasteiger partial charge in [0.05, 0.1) is 5.69 Å². The first-order valence-electron chi connectivity index (χ1n) is 6.10. The van der Waals surface area contributed by atoms with E-state index in [-0.39, 0.29) is 5.91 Å². The summed E-state index contributed by atoms with van der Waals surface area (Å²) in [6, 6.07) is 7.78. The third kappa shape index (κ3) is 2.02. The molecule has 0 unspecified atom stereocenters. The molecule has 0 spiro atoms. The normalized spacial score (nSPS) is 10.8. The van der Waals surface area contributed by atoms with Crippen molar-refractivity contribution in [2.75, 3.05) is 6.54 Å². The second-order valence-electron chi connectivity index (χ2n) is 4.09. The Balaban J connectivity index is 2.26. The smallest absolute Gasteiger partial charge is 0.263 e.